The van der Waals surface area contributed by atoms with Crippen LogP contribution in [0, 0.1) is 25.5 Å². The molecule has 0 radical (unpaired) electrons. The van der Waals surface area contributed by atoms with E-state index in [0.717, 1.165) is 36.1 Å². The Morgan fingerprint density at radius 2 is 1.95 bits per heavy atom. The van der Waals surface area contributed by atoms with Crippen LogP contribution in [0.5, 0.6) is 0 Å². The SMILES string of the molecule is CCCNC(Cc1ccc(F)cc1F)c1cc(C)oc1C. The van der Waals surface area contributed by atoms with Gasteiger partial charge in [-0.25, -0.2) is 8.78 Å². The molecule has 0 bridgehead atoms. The maximum Gasteiger partial charge on any atom is 0.129 e. The van der Waals surface area contributed by atoms with Gasteiger partial charge in [0.2, 0.25) is 0 Å². The van der Waals surface area contributed by atoms with Crippen LogP contribution in [0.4, 0.5) is 8.78 Å². The highest BCUT2D eigenvalue weighted by Crippen LogP contribution is 2.26. The highest BCUT2D eigenvalue weighted by Gasteiger charge is 2.19. The van der Waals surface area contributed by atoms with Gasteiger partial charge in [0.1, 0.15) is 23.2 Å². The topological polar surface area (TPSA) is 25.2 Å². The van der Waals surface area contributed by atoms with Crippen molar-refractivity contribution in [1.29, 1.82) is 0 Å². The Hall–Kier alpha value is -1.68. The average molecular weight is 293 g/mol. The molecule has 1 N–H and O–H groups in total. The van der Waals surface area contributed by atoms with E-state index in [2.05, 4.69) is 12.2 Å². The van der Waals surface area contributed by atoms with Crippen molar-refractivity contribution in [2.75, 3.05) is 6.54 Å². The fourth-order valence-electron chi connectivity index (χ4n) is 2.51. The Bertz CT molecular complexity index is 607. The predicted molar refractivity (Wildman–Crippen MR) is 79.3 cm³/mol. The largest absolute Gasteiger partial charge is 0.466 e. The molecule has 1 aromatic carbocycles. The van der Waals surface area contributed by atoms with Crippen LogP contribution in [0.25, 0.3) is 0 Å². The van der Waals surface area contributed by atoms with E-state index < -0.39 is 11.6 Å². The summed E-state index contributed by atoms with van der Waals surface area (Å²) in [5.74, 6) is 0.620. The molecule has 0 saturated carbocycles. The van der Waals surface area contributed by atoms with Gasteiger partial charge in [-0.1, -0.05) is 13.0 Å². The zero-order chi connectivity index (χ0) is 15.4. The summed E-state index contributed by atoms with van der Waals surface area (Å²) < 4.78 is 32.4. The molecular formula is C17H21F2NO. The van der Waals surface area contributed by atoms with Crippen molar-refractivity contribution < 1.29 is 13.2 Å². The second-order valence-electron chi connectivity index (χ2n) is 5.32. The number of nitrogens with one attached hydrogen (secondary N) is 1. The summed E-state index contributed by atoms with van der Waals surface area (Å²) in [4.78, 5) is 0. The predicted octanol–water partition coefficient (Wildman–Crippen LogP) is 4.46. The summed E-state index contributed by atoms with van der Waals surface area (Å²) in [6.07, 6.45) is 1.45. The normalized spacial score (nSPS) is 12.6. The first-order valence-electron chi connectivity index (χ1n) is 7.25. The summed E-state index contributed by atoms with van der Waals surface area (Å²) in [6, 6.07) is 5.67. The van der Waals surface area contributed by atoms with Crippen LogP contribution in [0.3, 0.4) is 0 Å². The fourth-order valence-corrected chi connectivity index (χ4v) is 2.51. The molecule has 0 aliphatic heterocycles. The molecule has 0 saturated heterocycles. The summed E-state index contributed by atoms with van der Waals surface area (Å²) in [5, 5.41) is 3.41. The minimum atomic E-state index is -0.551. The number of halogens is 2. The van der Waals surface area contributed by atoms with E-state index in [1.54, 1.807) is 0 Å². The van der Waals surface area contributed by atoms with Crippen molar-refractivity contribution in [3.05, 3.63) is 58.5 Å². The molecule has 2 aromatic rings. The summed E-state index contributed by atoms with van der Waals surface area (Å²) in [5.41, 5.74) is 1.54. The first-order valence-corrected chi connectivity index (χ1v) is 7.25. The molecule has 1 heterocycles. The molecule has 0 spiro atoms. The van der Waals surface area contributed by atoms with Crippen molar-refractivity contribution >= 4 is 0 Å². The maximum absolute atomic E-state index is 13.9. The lowest BCUT2D eigenvalue weighted by molar-refractivity contribution is 0.475. The molecule has 1 aromatic heterocycles. The van der Waals surface area contributed by atoms with E-state index in [1.807, 2.05) is 19.9 Å². The van der Waals surface area contributed by atoms with Crippen molar-refractivity contribution in [3.63, 3.8) is 0 Å². The molecule has 4 heteroatoms. The first kappa shape index (κ1) is 15.7. The van der Waals surface area contributed by atoms with E-state index >= 15 is 0 Å². The first-order chi connectivity index (χ1) is 10.0. The molecule has 114 valence electrons. The lowest BCUT2D eigenvalue weighted by atomic mass is 9.98. The average Bonchev–Trinajstić information content (AvgIpc) is 2.76. The van der Waals surface area contributed by atoms with Gasteiger partial charge in [-0.15, -0.1) is 0 Å². The molecule has 1 atom stereocenters. The minimum absolute atomic E-state index is 0.0395. The summed E-state index contributed by atoms with van der Waals surface area (Å²) in [6.45, 7) is 6.71. The number of rotatable bonds is 6. The maximum atomic E-state index is 13.9. The Morgan fingerprint density at radius 1 is 1.19 bits per heavy atom. The Kier molecular flexibility index (Phi) is 5.12. The van der Waals surface area contributed by atoms with Gasteiger partial charge in [0, 0.05) is 17.7 Å². The van der Waals surface area contributed by atoms with Gasteiger partial charge >= 0.3 is 0 Å². The van der Waals surface area contributed by atoms with Gasteiger partial charge in [0.15, 0.2) is 0 Å². The molecule has 0 amide bonds. The van der Waals surface area contributed by atoms with Gasteiger partial charge in [-0.3, -0.25) is 0 Å². The van der Waals surface area contributed by atoms with Crippen LogP contribution in [0.2, 0.25) is 0 Å². The van der Waals surface area contributed by atoms with E-state index in [-0.39, 0.29) is 6.04 Å². The zero-order valence-corrected chi connectivity index (χ0v) is 12.7. The van der Waals surface area contributed by atoms with Crippen LogP contribution < -0.4 is 5.32 Å². The molecule has 0 aliphatic carbocycles. The molecular weight excluding hydrogens is 272 g/mol. The van der Waals surface area contributed by atoms with Crippen LogP contribution >= 0.6 is 0 Å². The lowest BCUT2D eigenvalue weighted by Gasteiger charge is -2.18. The molecule has 0 aliphatic rings. The molecule has 1 unspecified atom stereocenters. The zero-order valence-electron chi connectivity index (χ0n) is 12.7. The number of aryl methyl sites for hydroxylation is 2. The second-order valence-corrected chi connectivity index (χ2v) is 5.32. The van der Waals surface area contributed by atoms with Gasteiger partial charge in [-0.2, -0.15) is 0 Å². The van der Waals surface area contributed by atoms with E-state index in [9.17, 15) is 8.78 Å². The third-order valence-corrected chi connectivity index (χ3v) is 3.53. The lowest BCUT2D eigenvalue weighted by Crippen LogP contribution is -2.24. The smallest absolute Gasteiger partial charge is 0.129 e. The quantitative estimate of drug-likeness (QED) is 0.850. The number of benzene rings is 1. The number of hydrogen-bond donors (Lipinski definition) is 1. The number of furan rings is 1. The van der Waals surface area contributed by atoms with E-state index in [0.29, 0.717) is 12.0 Å². The molecule has 2 nitrogen and oxygen atoms in total. The highest BCUT2D eigenvalue weighted by molar-refractivity contribution is 5.28. The summed E-state index contributed by atoms with van der Waals surface area (Å²) in [7, 11) is 0. The Balaban J connectivity index is 2.26. The third kappa shape index (κ3) is 3.91. The van der Waals surface area contributed by atoms with Crippen LogP contribution in [0.15, 0.2) is 28.7 Å². The van der Waals surface area contributed by atoms with Crippen LogP contribution in [-0.4, -0.2) is 6.54 Å². The van der Waals surface area contributed by atoms with Gasteiger partial charge in [0.25, 0.3) is 0 Å². The minimum Gasteiger partial charge on any atom is -0.466 e. The number of hydrogen-bond acceptors (Lipinski definition) is 2. The van der Waals surface area contributed by atoms with Crippen molar-refractivity contribution in [3.8, 4) is 0 Å². The Labute approximate surface area is 124 Å². The molecule has 0 fully saturated rings. The highest BCUT2D eigenvalue weighted by atomic mass is 19.1. The van der Waals surface area contributed by atoms with Crippen LogP contribution in [0.1, 0.15) is 42.0 Å². The molecule has 2 rings (SSSR count). The second kappa shape index (κ2) is 6.85. The van der Waals surface area contributed by atoms with Gasteiger partial charge in [0.05, 0.1) is 0 Å². The molecule has 21 heavy (non-hydrogen) atoms. The van der Waals surface area contributed by atoms with Crippen molar-refractivity contribution in [1.82, 2.24) is 5.32 Å². The monoisotopic (exact) mass is 293 g/mol. The Morgan fingerprint density at radius 3 is 2.52 bits per heavy atom. The van der Waals surface area contributed by atoms with Crippen molar-refractivity contribution in [2.24, 2.45) is 0 Å². The van der Waals surface area contributed by atoms with Crippen LogP contribution in [-0.2, 0) is 6.42 Å². The summed E-state index contributed by atoms with van der Waals surface area (Å²) >= 11 is 0. The standard InChI is InChI=1S/C17H21F2NO/c1-4-7-20-17(15-8-11(2)21-12(15)3)9-13-5-6-14(18)10-16(13)19/h5-6,8,10,17,20H,4,7,9H2,1-3H3. The fraction of sp³-hybridized carbons (Fsp3) is 0.412. The van der Waals surface area contributed by atoms with E-state index in [4.69, 9.17) is 4.42 Å². The van der Waals surface area contributed by atoms with Gasteiger partial charge in [-0.05, 0) is 50.9 Å². The third-order valence-electron chi connectivity index (χ3n) is 3.53. The van der Waals surface area contributed by atoms with E-state index in [1.165, 1.54) is 12.1 Å². The van der Waals surface area contributed by atoms with Crippen molar-refractivity contribution in [2.45, 2.75) is 39.7 Å². The van der Waals surface area contributed by atoms with Gasteiger partial charge < -0.3 is 9.73 Å².